The molecule has 1 rings (SSSR count). The summed E-state index contributed by atoms with van der Waals surface area (Å²) >= 11 is 0. The van der Waals surface area contributed by atoms with Crippen molar-refractivity contribution in [1.29, 1.82) is 0 Å². The molecule has 1 heterocycles. The zero-order valence-electron chi connectivity index (χ0n) is 12.9. The average Bonchev–Trinajstić information content (AvgIpc) is 2.65. The number of nitrogens with zero attached hydrogens (tertiary/aromatic N) is 2. The van der Waals surface area contributed by atoms with Crippen LogP contribution in [0.1, 0.15) is 58.7 Å². The van der Waals surface area contributed by atoms with E-state index in [-0.39, 0.29) is 5.41 Å². The smallest absolute Gasteiger partial charge is 0.0709 e. The number of nitrogens with one attached hydrogen (secondary N) is 1. The molecular weight excluding hydrogens is 222 g/mol. The van der Waals surface area contributed by atoms with Crippen LogP contribution in [0.4, 0.5) is 0 Å². The molecule has 0 fully saturated rings. The first-order chi connectivity index (χ1) is 8.34. The van der Waals surface area contributed by atoms with Crippen LogP contribution in [0, 0.1) is 0 Å². The minimum absolute atomic E-state index is 0.136. The van der Waals surface area contributed by atoms with Crippen molar-refractivity contribution in [3.05, 3.63) is 17.5 Å². The molecule has 0 saturated carbocycles. The topological polar surface area (TPSA) is 29.9 Å². The number of aromatic nitrogens is 2. The van der Waals surface area contributed by atoms with Crippen molar-refractivity contribution in [2.24, 2.45) is 7.05 Å². The molecule has 18 heavy (non-hydrogen) atoms. The molecule has 1 unspecified atom stereocenters. The third-order valence-corrected chi connectivity index (χ3v) is 3.20. The summed E-state index contributed by atoms with van der Waals surface area (Å²) in [7, 11) is 2.01. The monoisotopic (exact) mass is 251 g/mol. The van der Waals surface area contributed by atoms with Crippen LogP contribution in [0.2, 0.25) is 0 Å². The second-order valence-corrected chi connectivity index (χ2v) is 6.32. The molecule has 1 aromatic heterocycles. The fourth-order valence-corrected chi connectivity index (χ4v) is 2.22. The first kappa shape index (κ1) is 15.2. The maximum Gasteiger partial charge on any atom is 0.0709 e. The van der Waals surface area contributed by atoms with Gasteiger partial charge in [0.15, 0.2) is 0 Å². The van der Waals surface area contributed by atoms with E-state index in [0.29, 0.717) is 6.04 Å². The van der Waals surface area contributed by atoms with Gasteiger partial charge < -0.3 is 5.32 Å². The lowest BCUT2D eigenvalue weighted by Crippen LogP contribution is -2.27. The van der Waals surface area contributed by atoms with Crippen molar-refractivity contribution < 1.29 is 0 Å². The van der Waals surface area contributed by atoms with Crippen molar-refractivity contribution in [3.8, 4) is 0 Å². The van der Waals surface area contributed by atoms with E-state index in [4.69, 9.17) is 0 Å². The van der Waals surface area contributed by atoms with Gasteiger partial charge in [-0.1, -0.05) is 27.7 Å². The molecule has 0 amide bonds. The molecule has 0 aliphatic carbocycles. The van der Waals surface area contributed by atoms with E-state index < -0.39 is 0 Å². The summed E-state index contributed by atoms with van der Waals surface area (Å²) in [4.78, 5) is 0. The van der Waals surface area contributed by atoms with Crippen LogP contribution in [0.25, 0.3) is 0 Å². The van der Waals surface area contributed by atoms with Gasteiger partial charge in [-0.15, -0.1) is 0 Å². The zero-order chi connectivity index (χ0) is 13.8. The lowest BCUT2D eigenvalue weighted by Gasteiger charge is -2.18. The fraction of sp³-hybridized carbons (Fsp3) is 0.800. The highest BCUT2D eigenvalue weighted by Gasteiger charge is 2.21. The minimum Gasteiger partial charge on any atom is -0.314 e. The van der Waals surface area contributed by atoms with Crippen LogP contribution < -0.4 is 5.32 Å². The maximum absolute atomic E-state index is 4.62. The lowest BCUT2D eigenvalue weighted by molar-refractivity contribution is 0.506. The molecule has 3 heteroatoms. The highest BCUT2D eigenvalue weighted by atomic mass is 15.3. The van der Waals surface area contributed by atoms with Crippen LogP contribution in [-0.2, 0) is 18.9 Å². The van der Waals surface area contributed by atoms with Gasteiger partial charge in [-0.05, 0) is 38.3 Å². The molecule has 0 bridgehead atoms. The van der Waals surface area contributed by atoms with Crippen LogP contribution in [-0.4, -0.2) is 22.4 Å². The van der Waals surface area contributed by atoms with Gasteiger partial charge in [-0.3, -0.25) is 4.68 Å². The third kappa shape index (κ3) is 4.45. The van der Waals surface area contributed by atoms with Gasteiger partial charge >= 0.3 is 0 Å². The molecule has 3 nitrogen and oxygen atoms in total. The molecule has 1 aromatic rings. The number of hydrogen-bond donors (Lipinski definition) is 1. The predicted octanol–water partition coefficient (Wildman–Crippen LogP) is 3.04. The van der Waals surface area contributed by atoms with Gasteiger partial charge in [-0.25, -0.2) is 0 Å². The summed E-state index contributed by atoms with van der Waals surface area (Å²) in [5, 5.41) is 8.16. The molecule has 0 aliphatic heterocycles. The van der Waals surface area contributed by atoms with Crippen LogP contribution in [0.5, 0.6) is 0 Å². The van der Waals surface area contributed by atoms with E-state index >= 15 is 0 Å². The van der Waals surface area contributed by atoms with Crippen molar-refractivity contribution >= 4 is 0 Å². The number of aryl methyl sites for hydroxylation is 2. The zero-order valence-corrected chi connectivity index (χ0v) is 12.9. The third-order valence-electron chi connectivity index (χ3n) is 3.20. The lowest BCUT2D eigenvalue weighted by atomic mass is 9.88. The van der Waals surface area contributed by atoms with Gasteiger partial charge in [0, 0.05) is 24.7 Å². The summed E-state index contributed by atoms with van der Waals surface area (Å²) < 4.78 is 1.94. The van der Waals surface area contributed by atoms with Crippen molar-refractivity contribution in [2.45, 2.75) is 65.3 Å². The van der Waals surface area contributed by atoms with E-state index in [9.17, 15) is 0 Å². The van der Waals surface area contributed by atoms with Gasteiger partial charge in [0.05, 0.1) is 5.69 Å². The Labute approximate surface area is 112 Å². The Morgan fingerprint density at radius 3 is 2.61 bits per heavy atom. The largest absolute Gasteiger partial charge is 0.314 e. The Bertz CT molecular complexity index is 360. The first-order valence-electron chi connectivity index (χ1n) is 7.11. The summed E-state index contributed by atoms with van der Waals surface area (Å²) in [6.07, 6.45) is 5.66. The molecule has 1 N–H and O–H groups in total. The van der Waals surface area contributed by atoms with Gasteiger partial charge in [0.2, 0.25) is 0 Å². The second-order valence-electron chi connectivity index (χ2n) is 6.32. The molecule has 0 aliphatic rings. The van der Waals surface area contributed by atoms with Crippen LogP contribution >= 0.6 is 0 Å². The van der Waals surface area contributed by atoms with E-state index in [2.05, 4.69) is 51.2 Å². The average molecular weight is 251 g/mol. The SMILES string of the molecule is CCCNC(C)CCc1cn(C)nc1C(C)(C)C. The highest BCUT2D eigenvalue weighted by molar-refractivity contribution is 5.24. The standard InChI is InChI=1S/C15H29N3/c1-7-10-16-12(2)8-9-13-11-18(6)17-14(13)15(3,4)5/h11-12,16H,7-10H2,1-6H3. The fourth-order valence-electron chi connectivity index (χ4n) is 2.22. The van der Waals surface area contributed by atoms with E-state index in [1.807, 2.05) is 11.7 Å². The molecule has 1 atom stereocenters. The van der Waals surface area contributed by atoms with Gasteiger partial charge in [0.1, 0.15) is 0 Å². The number of hydrogen-bond acceptors (Lipinski definition) is 2. The minimum atomic E-state index is 0.136. The Balaban J connectivity index is 2.62. The summed E-state index contributed by atoms with van der Waals surface area (Å²) in [6.45, 7) is 12.3. The molecular formula is C15H29N3. The molecule has 0 spiro atoms. The van der Waals surface area contributed by atoms with Crippen LogP contribution in [0.15, 0.2) is 6.20 Å². The van der Waals surface area contributed by atoms with Crippen LogP contribution in [0.3, 0.4) is 0 Å². The summed E-state index contributed by atoms with van der Waals surface area (Å²) in [6, 6.07) is 0.581. The predicted molar refractivity (Wildman–Crippen MR) is 78.0 cm³/mol. The van der Waals surface area contributed by atoms with Crippen molar-refractivity contribution in [3.63, 3.8) is 0 Å². The highest BCUT2D eigenvalue weighted by Crippen LogP contribution is 2.25. The van der Waals surface area contributed by atoms with E-state index in [1.165, 1.54) is 24.1 Å². The summed E-state index contributed by atoms with van der Waals surface area (Å²) in [5.74, 6) is 0. The Kier molecular flexibility index (Phi) is 5.39. The van der Waals surface area contributed by atoms with Crippen molar-refractivity contribution in [2.75, 3.05) is 6.54 Å². The molecule has 104 valence electrons. The second kappa shape index (κ2) is 6.37. The number of rotatable bonds is 6. The molecule has 0 radical (unpaired) electrons. The Morgan fingerprint density at radius 2 is 2.06 bits per heavy atom. The first-order valence-corrected chi connectivity index (χ1v) is 7.11. The molecule has 0 aromatic carbocycles. The quantitative estimate of drug-likeness (QED) is 0.842. The Hall–Kier alpha value is -0.830. The van der Waals surface area contributed by atoms with Crippen molar-refractivity contribution in [1.82, 2.24) is 15.1 Å². The summed E-state index contributed by atoms with van der Waals surface area (Å²) in [5.41, 5.74) is 2.78. The normalized spacial score (nSPS) is 13.9. The maximum atomic E-state index is 4.62. The molecule has 0 saturated heterocycles. The van der Waals surface area contributed by atoms with E-state index in [0.717, 1.165) is 13.0 Å². The van der Waals surface area contributed by atoms with Gasteiger partial charge in [0.25, 0.3) is 0 Å². The Morgan fingerprint density at radius 1 is 1.39 bits per heavy atom. The van der Waals surface area contributed by atoms with E-state index in [1.54, 1.807) is 0 Å². The van der Waals surface area contributed by atoms with Gasteiger partial charge in [-0.2, -0.15) is 5.10 Å².